The standard InChI is InChI=1S/C19H16F4N2O2/c20-12-3-1-2-11(10-12)19(27)25-8-6-13(7-9-25)24-18(26)14-4-5-15(21)17(23)16(14)22/h1-5,10,13H,6-9H2,(H,24,26). The maximum atomic E-state index is 13.7. The molecule has 1 saturated heterocycles. The van der Waals surface area contributed by atoms with Crippen molar-refractivity contribution in [1.82, 2.24) is 10.2 Å². The molecule has 1 aliphatic rings. The zero-order valence-corrected chi connectivity index (χ0v) is 14.1. The van der Waals surface area contributed by atoms with Crippen molar-refractivity contribution in [1.29, 1.82) is 0 Å². The molecule has 2 amide bonds. The highest BCUT2D eigenvalue weighted by Crippen LogP contribution is 2.18. The smallest absolute Gasteiger partial charge is 0.254 e. The average molecular weight is 380 g/mol. The molecule has 1 aliphatic heterocycles. The number of halogens is 4. The van der Waals surface area contributed by atoms with Crippen LogP contribution in [0.25, 0.3) is 0 Å². The minimum atomic E-state index is -1.70. The predicted molar refractivity (Wildman–Crippen MR) is 89.1 cm³/mol. The number of piperidine rings is 1. The Labute approximate surface area is 152 Å². The monoisotopic (exact) mass is 380 g/mol. The minimum absolute atomic E-state index is 0.237. The van der Waals surface area contributed by atoms with E-state index in [0.717, 1.165) is 12.1 Å². The van der Waals surface area contributed by atoms with Gasteiger partial charge < -0.3 is 10.2 Å². The Morgan fingerprint density at radius 3 is 2.33 bits per heavy atom. The van der Waals surface area contributed by atoms with E-state index in [-0.39, 0.29) is 17.5 Å². The summed E-state index contributed by atoms with van der Waals surface area (Å²) in [4.78, 5) is 26.0. The van der Waals surface area contributed by atoms with E-state index in [1.165, 1.54) is 23.1 Å². The molecule has 0 atom stereocenters. The number of benzene rings is 2. The molecule has 0 unspecified atom stereocenters. The van der Waals surface area contributed by atoms with Crippen LogP contribution in [0.4, 0.5) is 17.6 Å². The maximum Gasteiger partial charge on any atom is 0.254 e. The molecule has 3 rings (SSSR count). The summed E-state index contributed by atoms with van der Waals surface area (Å²) in [5.41, 5.74) is -0.339. The van der Waals surface area contributed by atoms with E-state index >= 15 is 0 Å². The number of nitrogens with one attached hydrogen (secondary N) is 1. The Hall–Kier alpha value is -2.90. The summed E-state index contributed by atoms with van der Waals surface area (Å²) in [5, 5.41) is 2.57. The van der Waals surface area contributed by atoms with Crippen molar-refractivity contribution in [3.05, 3.63) is 70.8 Å². The second kappa shape index (κ2) is 7.77. The van der Waals surface area contributed by atoms with Crippen LogP contribution in [0.15, 0.2) is 36.4 Å². The maximum absolute atomic E-state index is 13.7. The zero-order chi connectivity index (χ0) is 19.6. The largest absolute Gasteiger partial charge is 0.349 e. The van der Waals surface area contributed by atoms with Crippen LogP contribution in [0.3, 0.4) is 0 Å². The number of hydrogen-bond donors (Lipinski definition) is 1. The molecule has 1 fully saturated rings. The molecule has 2 aromatic carbocycles. The summed E-state index contributed by atoms with van der Waals surface area (Å²) < 4.78 is 53.2. The molecule has 0 radical (unpaired) electrons. The Morgan fingerprint density at radius 1 is 0.963 bits per heavy atom. The molecule has 27 heavy (non-hydrogen) atoms. The van der Waals surface area contributed by atoms with E-state index in [4.69, 9.17) is 0 Å². The molecule has 0 aliphatic carbocycles. The molecule has 0 saturated carbocycles. The highest BCUT2D eigenvalue weighted by Gasteiger charge is 2.26. The number of amides is 2. The highest BCUT2D eigenvalue weighted by atomic mass is 19.2. The van der Waals surface area contributed by atoms with E-state index in [9.17, 15) is 27.2 Å². The van der Waals surface area contributed by atoms with Crippen molar-refractivity contribution < 1.29 is 27.2 Å². The Balaban J connectivity index is 1.59. The van der Waals surface area contributed by atoms with Crippen LogP contribution in [-0.4, -0.2) is 35.8 Å². The second-order valence-corrected chi connectivity index (χ2v) is 6.27. The van der Waals surface area contributed by atoms with E-state index in [1.54, 1.807) is 0 Å². The molecular formula is C19H16F4N2O2. The minimum Gasteiger partial charge on any atom is -0.349 e. The van der Waals surface area contributed by atoms with E-state index in [1.807, 2.05) is 0 Å². The van der Waals surface area contributed by atoms with Gasteiger partial charge in [0.15, 0.2) is 17.5 Å². The first-order valence-electron chi connectivity index (χ1n) is 8.36. The lowest BCUT2D eigenvalue weighted by atomic mass is 10.0. The van der Waals surface area contributed by atoms with E-state index < -0.39 is 34.7 Å². The van der Waals surface area contributed by atoms with Gasteiger partial charge in [0.25, 0.3) is 11.8 Å². The van der Waals surface area contributed by atoms with Crippen molar-refractivity contribution in [2.45, 2.75) is 18.9 Å². The molecule has 4 nitrogen and oxygen atoms in total. The summed E-state index contributed by atoms with van der Waals surface area (Å²) in [6, 6.07) is 6.59. The number of carbonyl (C=O) groups excluding carboxylic acids is 2. The fourth-order valence-corrected chi connectivity index (χ4v) is 3.00. The zero-order valence-electron chi connectivity index (χ0n) is 14.1. The van der Waals surface area contributed by atoms with Gasteiger partial charge in [-0.25, -0.2) is 17.6 Å². The van der Waals surface area contributed by atoms with E-state index in [0.29, 0.717) is 32.0 Å². The van der Waals surface area contributed by atoms with Gasteiger partial charge >= 0.3 is 0 Å². The lowest BCUT2D eigenvalue weighted by Crippen LogP contribution is -2.46. The number of likely N-dealkylation sites (tertiary alicyclic amines) is 1. The third kappa shape index (κ3) is 4.10. The van der Waals surface area contributed by atoms with Crippen molar-refractivity contribution in [2.75, 3.05) is 13.1 Å². The average Bonchev–Trinajstić information content (AvgIpc) is 2.66. The number of rotatable bonds is 3. The number of carbonyl (C=O) groups is 2. The van der Waals surface area contributed by atoms with Gasteiger partial charge in [-0.2, -0.15) is 0 Å². The first-order chi connectivity index (χ1) is 12.9. The molecule has 1 heterocycles. The van der Waals surface area contributed by atoms with Crippen LogP contribution >= 0.6 is 0 Å². The van der Waals surface area contributed by atoms with E-state index in [2.05, 4.69) is 5.32 Å². The third-order valence-corrected chi connectivity index (χ3v) is 4.47. The molecular weight excluding hydrogens is 364 g/mol. The normalized spacial score (nSPS) is 14.9. The SMILES string of the molecule is O=C(NC1CCN(C(=O)c2cccc(F)c2)CC1)c1ccc(F)c(F)c1F. The van der Waals surface area contributed by atoms with Crippen LogP contribution in [0.2, 0.25) is 0 Å². The van der Waals surface area contributed by atoms with Crippen LogP contribution in [-0.2, 0) is 0 Å². The Kier molecular flexibility index (Phi) is 5.43. The first-order valence-corrected chi connectivity index (χ1v) is 8.36. The quantitative estimate of drug-likeness (QED) is 0.656. The fraction of sp³-hybridized carbons (Fsp3) is 0.263. The fourth-order valence-electron chi connectivity index (χ4n) is 3.00. The first kappa shape index (κ1) is 18.9. The van der Waals surface area contributed by atoms with Gasteiger partial charge in [0.05, 0.1) is 5.56 Å². The van der Waals surface area contributed by atoms with Crippen molar-refractivity contribution in [3.63, 3.8) is 0 Å². The van der Waals surface area contributed by atoms with Gasteiger partial charge in [0.2, 0.25) is 0 Å². The van der Waals surface area contributed by atoms with Gasteiger partial charge in [-0.1, -0.05) is 6.07 Å². The van der Waals surface area contributed by atoms with Gasteiger partial charge in [-0.05, 0) is 43.2 Å². The van der Waals surface area contributed by atoms with Crippen LogP contribution < -0.4 is 5.32 Å². The van der Waals surface area contributed by atoms with Crippen molar-refractivity contribution in [2.24, 2.45) is 0 Å². The third-order valence-electron chi connectivity index (χ3n) is 4.47. The highest BCUT2D eigenvalue weighted by molar-refractivity contribution is 5.95. The Bertz CT molecular complexity index is 880. The van der Waals surface area contributed by atoms with Gasteiger partial charge in [0, 0.05) is 24.7 Å². The molecule has 0 aromatic heterocycles. The van der Waals surface area contributed by atoms with Crippen LogP contribution in [0, 0.1) is 23.3 Å². The summed E-state index contributed by atoms with van der Waals surface area (Å²) in [5.74, 6) is -6.26. The van der Waals surface area contributed by atoms with Crippen LogP contribution in [0.1, 0.15) is 33.6 Å². The van der Waals surface area contributed by atoms with Gasteiger partial charge in [-0.15, -0.1) is 0 Å². The lowest BCUT2D eigenvalue weighted by molar-refractivity contribution is 0.0697. The number of nitrogens with zero attached hydrogens (tertiary/aromatic N) is 1. The predicted octanol–water partition coefficient (Wildman–Crippen LogP) is 3.28. The molecule has 0 spiro atoms. The van der Waals surface area contributed by atoms with Gasteiger partial charge in [-0.3, -0.25) is 9.59 Å². The molecule has 142 valence electrons. The molecule has 8 heteroatoms. The number of hydrogen-bond acceptors (Lipinski definition) is 2. The summed E-state index contributed by atoms with van der Waals surface area (Å²) >= 11 is 0. The summed E-state index contributed by atoms with van der Waals surface area (Å²) in [6.45, 7) is 0.640. The lowest BCUT2D eigenvalue weighted by Gasteiger charge is -2.32. The second-order valence-electron chi connectivity index (χ2n) is 6.27. The molecule has 2 aromatic rings. The summed E-state index contributed by atoms with van der Waals surface area (Å²) in [6.07, 6.45) is 0.802. The molecule has 1 N–H and O–H groups in total. The Morgan fingerprint density at radius 2 is 1.67 bits per heavy atom. The summed E-state index contributed by atoms with van der Waals surface area (Å²) in [7, 11) is 0. The van der Waals surface area contributed by atoms with Crippen LogP contribution in [0.5, 0.6) is 0 Å². The van der Waals surface area contributed by atoms with Crippen molar-refractivity contribution in [3.8, 4) is 0 Å². The van der Waals surface area contributed by atoms with Crippen molar-refractivity contribution >= 4 is 11.8 Å². The topological polar surface area (TPSA) is 49.4 Å². The molecule has 0 bridgehead atoms. The van der Waals surface area contributed by atoms with Gasteiger partial charge in [0.1, 0.15) is 5.82 Å².